The average Bonchev–Trinajstić information content (AvgIpc) is 2.68. The van der Waals surface area contributed by atoms with Gasteiger partial charge in [0, 0.05) is 0 Å². The van der Waals surface area contributed by atoms with E-state index in [2.05, 4.69) is 12.1 Å². The highest BCUT2D eigenvalue weighted by atomic mass is 14.4. The second-order valence-corrected chi connectivity index (χ2v) is 5.96. The number of nitrogens with zero attached hydrogens (tertiary/aromatic N) is 2. The fourth-order valence-electron chi connectivity index (χ4n) is 3.74. The van der Waals surface area contributed by atoms with Gasteiger partial charge in [-0.1, -0.05) is 25.7 Å². The van der Waals surface area contributed by atoms with Gasteiger partial charge in [-0.15, -0.1) is 0 Å². The Morgan fingerprint density at radius 2 is 1.18 bits per heavy atom. The standard InChI is InChI=1S/C15H22N2/c16-11-13-5-9-15(10-6-14(13)12-17)7-3-1-2-4-8-15/h13-14H,1-10H2. The zero-order chi connectivity index (χ0) is 12.1. The van der Waals surface area contributed by atoms with Crippen LogP contribution in [0.25, 0.3) is 0 Å². The van der Waals surface area contributed by atoms with Crippen molar-refractivity contribution in [3.8, 4) is 12.1 Å². The molecule has 2 heteroatoms. The van der Waals surface area contributed by atoms with Crippen LogP contribution < -0.4 is 0 Å². The van der Waals surface area contributed by atoms with Crippen LogP contribution in [0.4, 0.5) is 0 Å². The molecule has 0 aromatic rings. The van der Waals surface area contributed by atoms with E-state index in [1.165, 1.54) is 51.4 Å². The van der Waals surface area contributed by atoms with Gasteiger partial charge in [0.05, 0.1) is 24.0 Å². The fourth-order valence-corrected chi connectivity index (χ4v) is 3.74. The maximum absolute atomic E-state index is 9.16. The summed E-state index contributed by atoms with van der Waals surface area (Å²) in [4.78, 5) is 0. The van der Waals surface area contributed by atoms with Gasteiger partial charge in [0.25, 0.3) is 0 Å². The minimum Gasteiger partial charge on any atom is -0.198 e. The third kappa shape index (κ3) is 2.81. The van der Waals surface area contributed by atoms with E-state index < -0.39 is 0 Å². The summed E-state index contributed by atoms with van der Waals surface area (Å²) in [5.41, 5.74) is 0.483. The number of hydrogen-bond acceptors (Lipinski definition) is 2. The van der Waals surface area contributed by atoms with Crippen molar-refractivity contribution in [3.05, 3.63) is 0 Å². The van der Waals surface area contributed by atoms with Crippen molar-refractivity contribution in [2.24, 2.45) is 17.3 Å². The Kier molecular flexibility index (Phi) is 4.06. The summed E-state index contributed by atoms with van der Waals surface area (Å²) < 4.78 is 0. The van der Waals surface area contributed by atoms with Crippen LogP contribution in [-0.4, -0.2) is 0 Å². The van der Waals surface area contributed by atoms with E-state index in [0.29, 0.717) is 5.41 Å². The van der Waals surface area contributed by atoms with Crippen molar-refractivity contribution in [3.63, 3.8) is 0 Å². The molecule has 0 aromatic heterocycles. The molecule has 2 aliphatic carbocycles. The van der Waals surface area contributed by atoms with Gasteiger partial charge in [-0.2, -0.15) is 10.5 Å². The lowest BCUT2D eigenvalue weighted by Crippen LogP contribution is -2.19. The van der Waals surface area contributed by atoms with Gasteiger partial charge < -0.3 is 0 Å². The Hall–Kier alpha value is -1.02. The fraction of sp³-hybridized carbons (Fsp3) is 0.867. The first-order valence-corrected chi connectivity index (χ1v) is 7.09. The number of rotatable bonds is 0. The first-order valence-electron chi connectivity index (χ1n) is 7.09. The van der Waals surface area contributed by atoms with Crippen LogP contribution in [0.2, 0.25) is 0 Å². The molecule has 2 rings (SSSR count). The van der Waals surface area contributed by atoms with Gasteiger partial charge >= 0.3 is 0 Å². The summed E-state index contributed by atoms with van der Waals surface area (Å²) in [6.45, 7) is 0. The topological polar surface area (TPSA) is 47.6 Å². The van der Waals surface area contributed by atoms with E-state index in [1.54, 1.807) is 0 Å². The van der Waals surface area contributed by atoms with Crippen molar-refractivity contribution in [2.75, 3.05) is 0 Å². The van der Waals surface area contributed by atoms with Crippen LogP contribution in [0.1, 0.15) is 64.2 Å². The van der Waals surface area contributed by atoms with Crippen molar-refractivity contribution >= 4 is 0 Å². The van der Waals surface area contributed by atoms with Gasteiger partial charge in [0.15, 0.2) is 0 Å². The molecule has 0 saturated heterocycles. The van der Waals surface area contributed by atoms with Crippen LogP contribution in [0.15, 0.2) is 0 Å². The molecular formula is C15H22N2. The van der Waals surface area contributed by atoms with Crippen molar-refractivity contribution in [2.45, 2.75) is 64.2 Å². The van der Waals surface area contributed by atoms with Crippen molar-refractivity contribution in [1.29, 1.82) is 10.5 Å². The highest BCUT2D eigenvalue weighted by Crippen LogP contribution is 2.47. The SMILES string of the molecule is N#CC1CCC2(CCCCCC2)CCC1C#N. The Bertz CT molecular complexity index is 300. The highest BCUT2D eigenvalue weighted by molar-refractivity contribution is 5.02. The molecule has 0 radical (unpaired) electrons. The molecule has 2 nitrogen and oxygen atoms in total. The molecule has 2 aliphatic rings. The van der Waals surface area contributed by atoms with Crippen LogP contribution in [-0.2, 0) is 0 Å². The summed E-state index contributed by atoms with van der Waals surface area (Å²) in [5.74, 6) is -0.0229. The zero-order valence-corrected chi connectivity index (χ0v) is 10.6. The number of nitriles is 2. The molecule has 2 saturated carbocycles. The maximum atomic E-state index is 9.16. The normalized spacial score (nSPS) is 33.1. The van der Waals surface area contributed by atoms with Gasteiger partial charge in [0.2, 0.25) is 0 Å². The quantitative estimate of drug-likeness (QED) is 0.626. The molecule has 1 spiro atoms. The Morgan fingerprint density at radius 3 is 1.59 bits per heavy atom. The van der Waals surface area contributed by atoms with Crippen molar-refractivity contribution in [1.82, 2.24) is 0 Å². The van der Waals surface area contributed by atoms with E-state index in [0.717, 1.165) is 12.8 Å². The lowest BCUT2D eigenvalue weighted by molar-refractivity contribution is 0.205. The molecule has 0 bridgehead atoms. The molecule has 17 heavy (non-hydrogen) atoms. The molecule has 0 amide bonds. The lowest BCUT2D eigenvalue weighted by Gasteiger charge is -2.31. The van der Waals surface area contributed by atoms with Gasteiger partial charge in [-0.3, -0.25) is 0 Å². The van der Waals surface area contributed by atoms with E-state index in [-0.39, 0.29) is 11.8 Å². The van der Waals surface area contributed by atoms with Crippen LogP contribution >= 0.6 is 0 Å². The summed E-state index contributed by atoms with van der Waals surface area (Å²) in [5, 5.41) is 18.3. The average molecular weight is 230 g/mol. The smallest absolute Gasteiger partial charge is 0.0669 e. The Labute approximate surface area is 105 Å². The van der Waals surface area contributed by atoms with Gasteiger partial charge in [0.1, 0.15) is 0 Å². The predicted octanol–water partition coefficient (Wildman–Crippen LogP) is 4.18. The second-order valence-electron chi connectivity index (χ2n) is 5.96. The van der Waals surface area contributed by atoms with E-state index >= 15 is 0 Å². The van der Waals surface area contributed by atoms with Crippen LogP contribution in [0, 0.1) is 39.9 Å². The molecule has 0 aliphatic heterocycles. The molecule has 0 N–H and O–H groups in total. The molecule has 0 heterocycles. The summed E-state index contributed by atoms with van der Waals surface area (Å²) in [7, 11) is 0. The molecule has 2 fully saturated rings. The highest BCUT2D eigenvalue weighted by Gasteiger charge is 2.37. The van der Waals surface area contributed by atoms with E-state index in [9.17, 15) is 0 Å². The second kappa shape index (κ2) is 5.54. The minimum atomic E-state index is -0.0115. The third-order valence-electron chi connectivity index (χ3n) is 4.95. The molecule has 2 unspecified atom stereocenters. The lowest BCUT2D eigenvalue weighted by atomic mass is 9.74. The van der Waals surface area contributed by atoms with E-state index in [1.807, 2.05) is 0 Å². The first-order chi connectivity index (χ1) is 8.29. The van der Waals surface area contributed by atoms with Crippen molar-refractivity contribution < 1.29 is 0 Å². The summed E-state index contributed by atoms with van der Waals surface area (Å²) in [6, 6.07) is 4.72. The summed E-state index contributed by atoms with van der Waals surface area (Å²) in [6.07, 6.45) is 12.4. The van der Waals surface area contributed by atoms with Crippen LogP contribution in [0.3, 0.4) is 0 Å². The zero-order valence-electron chi connectivity index (χ0n) is 10.6. The molecule has 2 atom stereocenters. The van der Waals surface area contributed by atoms with Crippen LogP contribution in [0.5, 0.6) is 0 Å². The molecule has 0 aromatic carbocycles. The Morgan fingerprint density at radius 1 is 0.706 bits per heavy atom. The third-order valence-corrected chi connectivity index (χ3v) is 4.95. The van der Waals surface area contributed by atoms with E-state index in [4.69, 9.17) is 10.5 Å². The maximum Gasteiger partial charge on any atom is 0.0669 e. The first kappa shape index (κ1) is 12.4. The largest absolute Gasteiger partial charge is 0.198 e. The minimum absolute atomic E-state index is 0.0115. The molecular weight excluding hydrogens is 208 g/mol. The summed E-state index contributed by atoms with van der Waals surface area (Å²) >= 11 is 0. The van der Waals surface area contributed by atoms with Gasteiger partial charge in [-0.05, 0) is 43.9 Å². The number of hydrogen-bond donors (Lipinski definition) is 0. The monoisotopic (exact) mass is 230 g/mol. The predicted molar refractivity (Wildman–Crippen MR) is 66.8 cm³/mol. The van der Waals surface area contributed by atoms with Gasteiger partial charge in [-0.25, -0.2) is 0 Å². The Balaban J connectivity index is 2.07. The molecule has 92 valence electrons.